The van der Waals surface area contributed by atoms with Crippen LogP contribution in [0.2, 0.25) is 0 Å². The normalized spacial score (nSPS) is 10.6. The number of rotatable bonds is 8. The Morgan fingerprint density at radius 1 is 0.931 bits per heavy atom. The Bertz CT molecular complexity index is 945. The standard InChI is InChI=1S/C23H26N4O2/c1-3-26(4-2)23(29)20-12-10-18(11-13-20)14-24-22(28)21-15-25-27(17-21)16-19-8-6-5-7-9-19/h5-13,15,17H,3-4,14,16H2,1-2H3,(H,24,28). The van der Waals surface area contributed by atoms with Gasteiger partial charge in [0.15, 0.2) is 0 Å². The number of hydrogen-bond donors (Lipinski definition) is 1. The van der Waals surface area contributed by atoms with Crippen molar-refractivity contribution in [3.63, 3.8) is 0 Å². The van der Waals surface area contributed by atoms with Crippen molar-refractivity contribution in [3.05, 3.63) is 89.2 Å². The lowest BCUT2D eigenvalue weighted by Crippen LogP contribution is -2.30. The van der Waals surface area contributed by atoms with E-state index in [1.807, 2.05) is 56.3 Å². The second kappa shape index (κ2) is 9.68. The highest BCUT2D eigenvalue weighted by molar-refractivity contribution is 5.94. The molecule has 0 spiro atoms. The zero-order valence-corrected chi connectivity index (χ0v) is 16.8. The average Bonchev–Trinajstić information content (AvgIpc) is 3.22. The van der Waals surface area contributed by atoms with Gasteiger partial charge in [-0.2, -0.15) is 5.10 Å². The van der Waals surface area contributed by atoms with Gasteiger partial charge < -0.3 is 10.2 Å². The highest BCUT2D eigenvalue weighted by Crippen LogP contribution is 2.09. The molecule has 2 amide bonds. The van der Waals surface area contributed by atoms with Crippen molar-refractivity contribution in [1.29, 1.82) is 0 Å². The number of hydrogen-bond acceptors (Lipinski definition) is 3. The molecule has 29 heavy (non-hydrogen) atoms. The van der Waals surface area contributed by atoms with E-state index in [0.29, 0.717) is 37.3 Å². The molecule has 1 heterocycles. The summed E-state index contributed by atoms with van der Waals surface area (Å²) in [5, 5.41) is 7.16. The lowest BCUT2D eigenvalue weighted by molar-refractivity contribution is 0.0772. The van der Waals surface area contributed by atoms with E-state index >= 15 is 0 Å². The van der Waals surface area contributed by atoms with Crippen LogP contribution in [-0.4, -0.2) is 39.6 Å². The fraction of sp³-hybridized carbons (Fsp3) is 0.261. The highest BCUT2D eigenvalue weighted by Gasteiger charge is 2.12. The van der Waals surface area contributed by atoms with Crippen LogP contribution in [0.4, 0.5) is 0 Å². The van der Waals surface area contributed by atoms with Gasteiger partial charge in [0.05, 0.1) is 18.3 Å². The van der Waals surface area contributed by atoms with Crippen LogP contribution in [0.5, 0.6) is 0 Å². The third-order valence-corrected chi connectivity index (χ3v) is 4.79. The molecule has 0 atom stereocenters. The topological polar surface area (TPSA) is 67.2 Å². The molecular weight excluding hydrogens is 364 g/mol. The maximum absolute atomic E-state index is 12.4. The number of nitrogens with one attached hydrogen (secondary N) is 1. The number of benzene rings is 2. The third-order valence-electron chi connectivity index (χ3n) is 4.79. The first kappa shape index (κ1) is 20.3. The van der Waals surface area contributed by atoms with Gasteiger partial charge in [-0.1, -0.05) is 42.5 Å². The molecule has 1 N–H and O–H groups in total. The number of aromatic nitrogens is 2. The van der Waals surface area contributed by atoms with Crippen LogP contribution in [0.1, 0.15) is 45.7 Å². The predicted molar refractivity (Wildman–Crippen MR) is 113 cm³/mol. The molecule has 6 nitrogen and oxygen atoms in total. The van der Waals surface area contributed by atoms with E-state index in [-0.39, 0.29) is 11.8 Å². The van der Waals surface area contributed by atoms with Crippen molar-refractivity contribution in [2.24, 2.45) is 0 Å². The van der Waals surface area contributed by atoms with Crippen LogP contribution in [-0.2, 0) is 13.1 Å². The smallest absolute Gasteiger partial charge is 0.254 e. The minimum atomic E-state index is -0.174. The molecule has 150 valence electrons. The molecule has 0 fully saturated rings. The van der Waals surface area contributed by atoms with Gasteiger partial charge in [0.2, 0.25) is 0 Å². The quantitative estimate of drug-likeness (QED) is 0.641. The van der Waals surface area contributed by atoms with Crippen LogP contribution in [0.25, 0.3) is 0 Å². The van der Waals surface area contributed by atoms with E-state index in [2.05, 4.69) is 10.4 Å². The summed E-state index contributed by atoms with van der Waals surface area (Å²) in [6.07, 6.45) is 3.32. The molecule has 0 saturated carbocycles. The maximum Gasteiger partial charge on any atom is 0.254 e. The Morgan fingerprint density at radius 2 is 1.62 bits per heavy atom. The van der Waals surface area contributed by atoms with Crippen LogP contribution < -0.4 is 5.32 Å². The molecule has 0 radical (unpaired) electrons. The van der Waals surface area contributed by atoms with E-state index in [1.165, 1.54) is 0 Å². The summed E-state index contributed by atoms with van der Waals surface area (Å²) in [5.41, 5.74) is 3.24. The monoisotopic (exact) mass is 390 g/mol. The average molecular weight is 390 g/mol. The molecule has 6 heteroatoms. The first-order valence-electron chi connectivity index (χ1n) is 9.83. The Labute approximate surface area is 171 Å². The van der Waals surface area contributed by atoms with Crippen LogP contribution in [0.3, 0.4) is 0 Å². The van der Waals surface area contributed by atoms with Crippen LogP contribution in [0, 0.1) is 0 Å². The molecule has 2 aromatic carbocycles. The van der Waals surface area contributed by atoms with E-state index in [0.717, 1.165) is 11.1 Å². The Morgan fingerprint density at radius 3 is 2.28 bits per heavy atom. The Hall–Kier alpha value is -3.41. The number of amides is 2. The van der Waals surface area contributed by atoms with Gasteiger partial charge in [-0.25, -0.2) is 0 Å². The van der Waals surface area contributed by atoms with Crippen LogP contribution >= 0.6 is 0 Å². The van der Waals surface area contributed by atoms with Crippen molar-refractivity contribution in [2.75, 3.05) is 13.1 Å². The molecule has 1 aromatic heterocycles. The van der Waals surface area contributed by atoms with E-state index in [9.17, 15) is 9.59 Å². The van der Waals surface area contributed by atoms with E-state index in [1.54, 1.807) is 34.1 Å². The van der Waals surface area contributed by atoms with Crippen molar-refractivity contribution < 1.29 is 9.59 Å². The second-order valence-electron chi connectivity index (χ2n) is 6.77. The molecule has 0 bridgehead atoms. The summed E-state index contributed by atoms with van der Waals surface area (Å²) >= 11 is 0. The first-order valence-corrected chi connectivity index (χ1v) is 9.83. The number of carbonyl (C=O) groups excluding carboxylic acids is 2. The lowest BCUT2D eigenvalue weighted by atomic mass is 10.1. The lowest BCUT2D eigenvalue weighted by Gasteiger charge is -2.18. The van der Waals surface area contributed by atoms with Gasteiger partial charge >= 0.3 is 0 Å². The molecule has 0 aliphatic carbocycles. The van der Waals surface area contributed by atoms with E-state index < -0.39 is 0 Å². The largest absolute Gasteiger partial charge is 0.348 e. The summed E-state index contributed by atoms with van der Waals surface area (Å²) in [6, 6.07) is 17.3. The summed E-state index contributed by atoms with van der Waals surface area (Å²) in [7, 11) is 0. The molecule has 0 saturated heterocycles. The molecule has 3 aromatic rings. The van der Waals surface area contributed by atoms with E-state index in [4.69, 9.17) is 0 Å². The highest BCUT2D eigenvalue weighted by atomic mass is 16.2. The summed E-state index contributed by atoms with van der Waals surface area (Å²) < 4.78 is 1.75. The summed E-state index contributed by atoms with van der Waals surface area (Å²) in [6.45, 7) is 6.31. The van der Waals surface area contributed by atoms with Gasteiger partial charge in [-0.3, -0.25) is 14.3 Å². The SMILES string of the molecule is CCN(CC)C(=O)c1ccc(CNC(=O)c2cnn(Cc3ccccc3)c2)cc1. The van der Waals surface area contributed by atoms with Crippen molar-refractivity contribution >= 4 is 11.8 Å². The summed E-state index contributed by atoms with van der Waals surface area (Å²) in [5.74, 6) is -0.149. The molecule has 0 aliphatic rings. The van der Waals surface area contributed by atoms with Gasteiger partial charge in [0.25, 0.3) is 11.8 Å². The maximum atomic E-state index is 12.4. The third kappa shape index (κ3) is 5.31. The second-order valence-corrected chi connectivity index (χ2v) is 6.77. The summed E-state index contributed by atoms with van der Waals surface area (Å²) in [4.78, 5) is 26.5. The van der Waals surface area contributed by atoms with Crippen molar-refractivity contribution in [2.45, 2.75) is 26.9 Å². The minimum absolute atomic E-state index is 0.0245. The number of carbonyl (C=O) groups is 2. The minimum Gasteiger partial charge on any atom is -0.348 e. The van der Waals surface area contributed by atoms with Gasteiger partial charge in [-0.15, -0.1) is 0 Å². The fourth-order valence-electron chi connectivity index (χ4n) is 3.08. The Kier molecular flexibility index (Phi) is 6.79. The number of nitrogens with zero attached hydrogens (tertiary/aromatic N) is 3. The first-order chi connectivity index (χ1) is 14.1. The molecular formula is C23H26N4O2. The molecule has 0 unspecified atom stereocenters. The zero-order valence-electron chi connectivity index (χ0n) is 16.8. The predicted octanol–water partition coefficient (Wildman–Crippen LogP) is 3.34. The Balaban J connectivity index is 1.55. The van der Waals surface area contributed by atoms with Gasteiger partial charge in [0.1, 0.15) is 0 Å². The van der Waals surface area contributed by atoms with Gasteiger partial charge in [-0.05, 0) is 37.1 Å². The van der Waals surface area contributed by atoms with Crippen molar-refractivity contribution in [1.82, 2.24) is 20.0 Å². The van der Waals surface area contributed by atoms with Crippen molar-refractivity contribution in [3.8, 4) is 0 Å². The molecule has 3 rings (SSSR count). The molecule has 0 aliphatic heterocycles. The van der Waals surface area contributed by atoms with Gasteiger partial charge in [0, 0.05) is 31.4 Å². The van der Waals surface area contributed by atoms with Crippen LogP contribution in [0.15, 0.2) is 67.0 Å². The zero-order chi connectivity index (χ0) is 20.6. The fourth-order valence-corrected chi connectivity index (χ4v) is 3.08.